The van der Waals surface area contributed by atoms with Crippen LogP contribution in [0.15, 0.2) is 48.7 Å². The van der Waals surface area contributed by atoms with Crippen molar-refractivity contribution in [3.05, 3.63) is 59.9 Å². The molecule has 1 aliphatic heterocycles. The van der Waals surface area contributed by atoms with Crippen LogP contribution in [0.3, 0.4) is 0 Å². The fourth-order valence-electron chi connectivity index (χ4n) is 4.88. The Kier molecular flexibility index (Phi) is 6.44. The van der Waals surface area contributed by atoms with Crippen LogP contribution in [0.5, 0.6) is 0 Å². The van der Waals surface area contributed by atoms with Gasteiger partial charge in [0.05, 0.1) is 11.4 Å². The Bertz CT molecular complexity index is 935. The van der Waals surface area contributed by atoms with Gasteiger partial charge in [0.1, 0.15) is 0 Å². The second-order valence-electron chi connectivity index (χ2n) is 8.99. The molecule has 2 fully saturated rings. The number of nitrogens with two attached hydrogens (primary N) is 1. The molecule has 1 unspecified atom stereocenters. The molecule has 2 aromatic rings. The Hall–Kier alpha value is -2.58. The molecule has 172 valence electrons. The molecule has 0 bridgehead atoms. The zero-order chi connectivity index (χ0) is 22.8. The number of nitrogens with zero attached hydrogens (tertiary/aromatic N) is 2. The van der Waals surface area contributed by atoms with E-state index in [-0.39, 0.29) is 18.9 Å². The molecule has 1 aromatic heterocycles. The van der Waals surface area contributed by atoms with Crippen LogP contribution < -0.4 is 11.1 Å². The molecule has 0 radical (unpaired) electrons. The van der Waals surface area contributed by atoms with Gasteiger partial charge in [-0.1, -0.05) is 30.3 Å². The Balaban J connectivity index is 1.41. The molecule has 32 heavy (non-hydrogen) atoms. The highest BCUT2D eigenvalue weighted by molar-refractivity contribution is 5.87. The first kappa shape index (κ1) is 22.6. The van der Waals surface area contributed by atoms with Gasteiger partial charge in [-0.3, -0.25) is 14.7 Å². The number of piperidine rings is 1. The minimum absolute atomic E-state index is 0.107. The number of likely N-dealkylation sites (tertiary alicyclic amines) is 1. The van der Waals surface area contributed by atoms with Crippen molar-refractivity contribution in [1.29, 1.82) is 0 Å². The van der Waals surface area contributed by atoms with E-state index >= 15 is 0 Å². The van der Waals surface area contributed by atoms with Crippen LogP contribution in [-0.2, 0) is 16.9 Å². The highest BCUT2D eigenvalue weighted by Crippen LogP contribution is 2.47. The number of amides is 1. The number of halogens is 2. The van der Waals surface area contributed by atoms with Gasteiger partial charge in [0.25, 0.3) is 5.91 Å². The van der Waals surface area contributed by atoms with Gasteiger partial charge in [0.15, 0.2) is 5.60 Å². The number of hydrogen-bond donors (Lipinski definition) is 3. The fraction of sp³-hybridized carbons (Fsp3) is 0.500. The molecule has 1 saturated heterocycles. The lowest BCUT2D eigenvalue weighted by molar-refractivity contribution is -0.149. The van der Waals surface area contributed by atoms with Gasteiger partial charge < -0.3 is 16.2 Å². The quantitative estimate of drug-likeness (QED) is 0.637. The normalized spacial score (nSPS) is 23.5. The molecule has 4 rings (SSSR count). The molecule has 0 spiro atoms. The topological polar surface area (TPSA) is 91.5 Å². The SMILES string of the molecule is Nc1cccnc1CN1CCC(NC(=O)[C@](O)(c2ccccc2)C2CCC(F)(F)C2)CC1. The number of alkyl halides is 2. The van der Waals surface area contributed by atoms with Crippen molar-refractivity contribution in [1.82, 2.24) is 15.2 Å². The molecule has 1 saturated carbocycles. The molecule has 4 N–H and O–H groups in total. The van der Waals surface area contributed by atoms with Gasteiger partial charge in [-0.15, -0.1) is 0 Å². The van der Waals surface area contributed by atoms with Crippen LogP contribution in [0.4, 0.5) is 14.5 Å². The number of anilines is 1. The first-order chi connectivity index (χ1) is 15.3. The van der Waals surface area contributed by atoms with Crippen LogP contribution in [0.2, 0.25) is 0 Å². The maximum Gasteiger partial charge on any atom is 0.257 e. The second-order valence-corrected chi connectivity index (χ2v) is 8.99. The number of nitrogens with one attached hydrogen (secondary N) is 1. The zero-order valence-electron chi connectivity index (χ0n) is 18.0. The Morgan fingerprint density at radius 2 is 1.91 bits per heavy atom. The fourth-order valence-corrected chi connectivity index (χ4v) is 4.88. The Morgan fingerprint density at radius 3 is 2.53 bits per heavy atom. The summed E-state index contributed by atoms with van der Waals surface area (Å²) in [5, 5.41) is 14.5. The first-order valence-electron chi connectivity index (χ1n) is 11.2. The summed E-state index contributed by atoms with van der Waals surface area (Å²) in [7, 11) is 0. The first-order valence-corrected chi connectivity index (χ1v) is 11.2. The predicted molar refractivity (Wildman–Crippen MR) is 118 cm³/mol. The van der Waals surface area contributed by atoms with E-state index in [9.17, 15) is 18.7 Å². The van der Waals surface area contributed by atoms with E-state index in [1.165, 1.54) is 0 Å². The van der Waals surface area contributed by atoms with Crippen LogP contribution in [-0.4, -0.2) is 46.0 Å². The molecular weight excluding hydrogens is 414 g/mol. The summed E-state index contributed by atoms with van der Waals surface area (Å²) >= 11 is 0. The molecule has 6 nitrogen and oxygen atoms in total. The number of aliphatic hydroxyl groups is 1. The lowest BCUT2D eigenvalue weighted by atomic mass is 9.79. The molecule has 2 aliphatic rings. The van der Waals surface area contributed by atoms with Crippen molar-refractivity contribution in [2.75, 3.05) is 18.8 Å². The molecular formula is C24H30F2N4O2. The standard InChI is InChI=1S/C24H30F2N4O2/c25-23(26)11-8-18(15-23)24(32,17-5-2-1-3-6-17)22(31)29-19-9-13-30(14-10-19)16-21-20(27)7-4-12-28-21/h1-7,12,18-19,32H,8-11,13-16,27H2,(H,29,31)/t18?,24-/m0/s1. The van der Waals surface area contributed by atoms with Crippen LogP contribution >= 0.6 is 0 Å². The minimum atomic E-state index is -2.85. The van der Waals surface area contributed by atoms with Gasteiger partial charge in [-0.25, -0.2) is 8.78 Å². The largest absolute Gasteiger partial charge is 0.397 e. The summed E-state index contributed by atoms with van der Waals surface area (Å²) in [5.74, 6) is -4.27. The molecule has 2 atom stereocenters. The van der Waals surface area contributed by atoms with Gasteiger partial charge in [-0.2, -0.15) is 0 Å². The summed E-state index contributed by atoms with van der Waals surface area (Å²) in [6.45, 7) is 2.12. The maximum absolute atomic E-state index is 14.0. The number of nitrogen functional groups attached to an aromatic ring is 1. The van der Waals surface area contributed by atoms with E-state index in [4.69, 9.17) is 5.73 Å². The van der Waals surface area contributed by atoms with Gasteiger partial charge in [0.2, 0.25) is 5.92 Å². The monoisotopic (exact) mass is 444 g/mol. The molecule has 2 heterocycles. The third-order valence-electron chi connectivity index (χ3n) is 6.78. The number of pyridine rings is 1. The highest BCUT2D eigenvalue weighted by atomic mass is 19.3. The van der Waals surface area contributed by atoms with Crippen molar-refractivity contribution < 1.29 is 18.7 Å². The summed E-state index contributed by atoms with van der Waals surface area (Å²) in [4.78, 5) is 19.9. The highest BCUT2D eigenvalue weighted by Gasteiger charge is 2.53. The summed E-state index contributed by atoms with van der Waals surface area (Å²) in [5.41, 5.74) is 5.86. The maximum atomic E-state index is 14.0. The average Bonchev–Trinajstić information content (AvgIpc) is 3.16. The minimum Gasteiger partial charge on any atom is -0.397 e. The van der Waals surface area contributed by atoms with Crippen molar-refractivity contribution >= 4 is 11.6 Å². The lowest BCUT2D eigenvalue weighted by Crippen LogP contribution is -2.54. The number of hydrogen-bond acceptors (Lipinski definition) is 5. The third kappa shape index (κ3) is 4.76. The van der Waals surface area contributed by atoms with E-state index < -0.39 is 29.8 Å². The van der Waals surface area contributed by atoms with Gasteiger partial charge in [-0.05, 0) is 37.0 Å². The lowest BCUT2D eigenvalue weighted by Gasteiger charge is -2.37. The number of aromatic nitrogens is 1. The van der Waals surface area contributed by atoms with Gasteiger partial charge >= 0.3 is 0 Å². The number of carbonyl (C=O) groups excluding carboxylic acids is 1. The van der Waals surface area contributed by atoms with Gasteiger partial charge in [0, 0.05) is 50.6 Å². The number of benzene rings is 1. The van der Waals surface area contributed by atoms with Crippen LogP contribution in [0.1, 0.15) is 43.4 Å². The molecule has 1 amide bonds. The molecule has 1 aliphatic carbocycles. The van der Waals surface area contributed by atoms with E-state index in [1.54, 1.807) is 42.6 Å². The second kappa shape index (κ2) is 9.11. The molecule has 8 heteroatoms. The van der Waals surface area contributed by atoms with Crippen LogP contribution in [0, 0.1) is 5.92 Å². The summed E-state index contributed by atoms with van der Waals surface area (Å²) in [6, 6.07) is 12.0. The number of carbonyl (C=O) groups is 1. The van der Waals surface area contributed by atoms with E-state index in [0.29, 0.717) is 30.6 Å². The predicted octanol–water partition coefficient (Wildman–Crippen LogP) is 3.07. The summed E-state index contributed by atoms with van der Waals surface area (Å²) < 4.78 is 27.9. The van der Waals surface area contributed by atoms with E-state index in [0.717, 1.165) is 18.8 Å². The van der Waals surface area contributed by atoms with Crippen molar-refractivity contribution in [2.24, 2.45) is 5.92 Å². The van der Waals surface area contributed by atoms with Crippen molar-refractivity contribution in [3.8, 4) is 0 Å². The van der Waals surface area contributed by atoms with E-state index in [2.05, 4.69) is 15.2 Å². The third-order valence-corrected chi connectivity index (χ3v) is 6.78. The zero-order valence-corrected chi connectivity index (χ0v) is 18.0. The summed E-state index contributed by atoms with van der Waals surface area (Å²) in [6.07, 6.45) is 2.42. The van der Waals surface area contributed by atoms with E-state index in [1.807, 2.05) is 6.07 Å². The smallest absolute Gasteiger partial charge is 0.257 e. The van der Waals surface area contributed by atoms with Crippen molar-refractivity contribution in [3.63, 3.8) is 0 Å². The molecule has 1 aromatic carbocycles. The van der Waals surface area contributed by atoms with Crippen molar-refractivity contribution in [2.45, 2.75) is 56.2 Å². The Morgan fingerprint density at radius 1 is 1.19 bits per heavy atom. The number of rotatable bonds is 6. The average molecular weight is 445 g/mol. The Labute approximate surface area is 186 Å². The van der Waals surface area contributed by atoms with Crippen LogP contribution in [0.25, 0.3) is 0 Å².